The van der Waals surface area contributed by atoms with Crippen LogP contribution in [-0.4, -0.2) is 73.4 Å². The highest BCUT2D eigenvalue weighted by molar-refractivity contribution is 5.74. The van der Waals surface area contributed by atoms with Crippen LogP contribution >= 0.6 is 0 Å². The minimum absolute atomic E-state index is 0.0327. The molecule has 1 aromatic rings. The quantitative estimate of drug-likeness (QED) is 0.665. The second kappa shape index (κ2) is 10.4. The van der Waals surface area contributed by atoms with E-state index in [2.05, 4.69) is 39.6 Å². The van der Waals surface area contributed by atoms with Crippen molar-refractivity contribution >= 4 is 6.03 Å². The number of aliphatic hydroxyl groups is 1. The summed E-state index contributed by atoms with van der Waals surface area (Å²) >= 11 is 0. The van der Waals surface area contributed by atoms with Crippen molar-refractivity contribution in [2.45, 2.75) is 31.8 Å². The standard InChI is InChI=1S/C19H32N4O2/c1-16(7-6-14-24)20-19(25)21-18(17-8-4-3-5-9-17)15-23-12-10-22(2)11-13-23/h3-5,8-9,16,18,24H,6-7,10-15H2,1-2H3,(H2,20,21,25). The van der Waals surface area contributed by atoms with Crippen LogP contribution in [0.2, 0.25) is 0 Å². The number of urea groups is 1. The summed E-state index contributed by atoms with van der Waals surface area (Å²) in [5.74, 6) is 0. The van der Waals surface area contributed by atoms with Gasteiger partial charge in [0.05, 0.1) is 6.04 Å². The molecule has 3 N–H and O–H groups in total. The van der Waals surface area contributed by atoms with E-state index in [1.807, 2.05) is 25.1 Å². The van der Waals surface area contributed by atoms with Crippen LogP contribution < -0.4 is 10.6 Å². The highest BCUT2D eigenvalue weighted by Crippen LogP contribution is 2.15. The summed E-state index contributed by atoms with van der Waals surface area (Å²) in [4.78, 5) is 17.1. The molecule has 0 bridgehead atoms. The van der Waals surface area contributed by atoms with Gasteiger partial charge in [0.15, 0.2) is 0 Å². The normalized spacial score (nSPS) is 18.5. The third kappa shape index (κ3) is 7.02. The molecule has 0 spiro atoms. The molecular weight excluding hydrogens is 316 g/mol. The van der Waals surface area contributed by atoms with Crippen molar-refractivity contribution in [2.24, 2.45) is 0 Å². The molecule has 1 aliphatic heterocycles. The van der Waals surface area contributed by atoms with E-state index in [0.29, 0.717) is 6.42 Å². The Labute approximate surface area is 151 Å². The number of hydrogen-bond acceptors (Lipinski definition) is 4. The summed E-state index contributed by atoms with van der Waals surface area (Å²) in [5.41, 5.74) is 1.12. The van der Waals surface area contributed by atoms with Crippen molar-refractivity contribution in [1.29, 1.82) is 0 Å². The largest absolute Gasteiger partial charge is 0.396 e. The Morgan fingerprint density at radius 3 is 2.48 bits per heavy atom. The van der Waals surface area contributed by atoms with Crippen LogP contribution in [0.3, 0.4) is 0 Å². The second-order valence-corrected chi connectivity index (χ2v) is 6.95. The lowest BCUT2D eigenvalue weighted by Crippen LogP contribution is -2.49. The minimum atomic E-state index is -0.145. The van der Waals surface area contributed by atoms with Crippen LogP contribution in [0.1, 0.15) is 31.4 Å². The number of nitrogens with zero attached hydrogens (tertiary/aromatic N) is 2. The summed E-state index contributed by atoms with van der Waals surface area (Å²) in [5, 5.41) is 15.0. The molecule has 25 heavy (non-hydrogen) atoms. The number of piperazine rings is 1. The molecule has 6 heteroatoms. The zero-order valence-corrected chi connectivity index (χ0v) is 15.4. The van der Waals surface area contributed by atoms with E-state index in [1.165, 1.54) is 0 Å². The van der Waals surface area contributed by atoms with E-state index in [-0.39, 0.29) is 24.7 Å². The van der Waals surface area contributed by atoms with Crippen molar-refractivity contribution < 1.29 is 9.90 Å². The van der Waals surface area contributed by atoms with Crippen LogP contribution in [0.4, 0.5) is 4.79 Å². The van der Waals surface area contributed by atoms with Crippen molar-refractivity contribution in [2.75, 3.05) is 46.4 Å². The molecule has 1 saturated heterocycles. The van der Waals surface area contributed by atoms with Crippen LogP contribution in [0, 0.1) is 0 Å². The molecule has 1 heterocycles. The van der Waals surface area contributed by atoms with Gasteiger partial charge in [-0.3, -0.25) is 4.90 Å². The fourth-order valence-corrected chi connectivity index (χ4v) is 3.10. The van der Waals surface area contributed by atoms with E-state index < -0.39 is 0 Å². The predicted molar refractivity (Wildman–Crippen MR) is 101 cm³/mol. The van der Waals surface area contributed by atoms with Crippen molar-refractivity contribution in [3.05, 3.63) is 35.9 Å². The molecule has 1 aliphatic rings. The molecule has 2 unspecified atom stereocenters. The number of likely N-dealkylation sites (N-methyl/N-ethyl adjacent to an activating group) is 1. The van der Waals surface area contributed by atoms with Crippen molar-refractivity contribution in [3.63, 3.8) is 0 Å². The monoisotopic (exact) mass is 348 g/mol. The van der Waals surface area contributed by atoms with Crippen LogP contribution in [0.25, 0.3) is 0 Å². The van der Waals surface area contributed by atoms with Gasteiger partial charge in [0.1, 0.15) is 0 Å². The zero-order chi connectivity index (χ0) is 18.1. The van der Waals surface area contributed by atoms with Gasteiger partial charge in [-0.1, -0.05) is 30.3 Å². The third-order valence-corrected chi connectivity index (χ3v) is 4.72. The van der Waals surface area contributed by atoms with E-state index >= 15 is 0 Å². The summed E-state index contributed by atoms with van der Waals surface area (Å²) in [6.07, 6.45) is 1.48. The molecule has 2 rings (SSSR count). The molecule has 1 fully saturated rings. The lowest BCUT2D eigenvalue weighted by atomic mass is 10.1. The molecule has 6 nitrogen and oxygen atoms in total. The number of hydrogen-bond donors (Lipinski definition) is 3. The first-order valence-corrected chi connectivity index (χ1v) is 9.22. The van der Waals surface area contributed by atoms with Crippen LogP contribution in [0.15, 0.2) is 30.3 Å². The molecule has 0 radical (unpaired) electrons. The molecule has 1 aromatic carbocycles. The molecule has 0 aliphatic carbocycles. The van der Waals surface area contributed by atoms with Crippen LogP contribution in [-0.2, 0) is 0 Å². The van der Waals surface area contributed by atoms with Crippen LogP contribution in [0.5, 0.6) is 0 Å². The highest BCUT2D eigenvalue weighted by atomic mass is 16.3. The van der Waals surface area contributed by atoms with E-state index in [0.717, 1.165) is 44.7 Å². The molecule has 0 aromatic heterocycles. The Bertz CT molecular complexity index is 503. The number of carbonyl (C=O) groups excluding carboxylic acids is 1. The Morgan fingerprint density at radius 2 is 1.84 bits per heavy atom. The number of aliphatic hydroxyl groups excluding tert-OH is 1. The second-order valence-electron chi connectivity index (χ2n) is 6.95. The Kier molecular flexibility index (Phi) is 8.18. The van der Waals surface area contributed by atoms with Crippen molar-refractivity contribution in [1.82, 2.24) is 20.4 Å². The maximum absolute atomic E-state index is 12.4. The third-order valence-electron chi connectivity index (χ3n) is 4.72. The summed E-state index contributed by atoms with van der Waals surface area (Å²) in [6.45, 7) is 7.11. The van der Waals surface area contributed by atoms with Gasteiger partial charge in [-0.05, 0) is 32.4 Å². The Balaban J connectivity index is 1.94. The molecular formula is C19H32N4O2. The average molecular weight is 348 g/mol. The van der Waals surface area contributed by atoms with Gasteiger partial charge in [0.2, 0.25) is 0 Å². The smallest absolute Gasteiger partial charge is 0.315 e. The summed E-state index contributed by atoms with van der Waals surface area (Å²) in [7, 11) is 2.14. The molecule has 0 saturated carbocycles. The predicted octanol–water partition coefficient (Wildman–Crippen LogP) is 1.44. The molecule has 140 valence electrons. The zero-order valence-electron chi connectivity index (χ0n) is 15.4. The Hall–Kier alpha value is -1.63. The number of amides is 2. The van der Waals surface area contributed by atoms with Gasteiger partial charge in [-0.15, -0.1) is 0 Å². The Morgan fingerprint density at radius 1 is 1.16 bits per heavy atom. The highest BCUT2D eigenvalue weighted by Gasteiger charge is 2.21. The SMILES string of the molecule is CC(CCCO)NC(=O)NC(CN1CCN(C)CC1)c1ccccc1. The first-order valence-electron chi connectivity index (χ1n) is 9.22. The number of nitrogens with one attached hydrogen (secondary N) is 2. The van der Waals surface area contributed by atoms with E-state index in [4.69, 9.17) is 5.11 Å². The first-order chi connectivity index (χ1) is 12.1. The summed E-state index contributed by atoms with van der Waals surface area (Å²) < 4.78 is 0. The van der Waals surface area contributed by atoms with Gasteiger partial charge in [-0.25, -0.2) is 4.79 Å². The lowest BCUT2D eigenvalue weighted by molar-refractivity contribution is 0.142. The summed E-state index contributed by atoms with van der Waals surface area (Å²) in [6, 6.07) is 10.0. The van der Waals surface area contributed by atoms with Gasteiger partial charge >= 0.3 is 6.03 Å². The van der Waals surface area contributed by atoms with E-state index in [9.17, 15) is 4.79 Å². The van der Waals surface area contributed by atoms with Gasteiger partial charge < -0.3 is 20.6 Å². The average Bonchev–Trinajstić information content (AvgIpc) is 2.62. The van der Waals surface area contributed by atoms with Crippen molar-refractivity contribution in [3.8, 4) is 0 Å². The fraction of sp³-hybridized carbons (Fsp3) is 0.632. The van der Waals surface area contributed by atoms with Gasteiger partial charge in [-0.2, -0.15) is 0 Å². The number of carbonyl (C=O) groups is 1. The fourth-order valence-electron chi connectivity index (χ4n) is 3.10. The first kappa shape index (κ1) is 19.7. The van der Waals surface area contributed by atoms with E-state index in [1.54, 1.807) is 0 Å². The lowest BCUT2D eigenvalue weighted by Gasteiger charge is -2.35. The topological polar surface area (TPSA) is 67.8 Å². The number of benzene rings is 1. The molecule has 2 amide bonds. The maximum Gasteiger partial charge on any atom is 0.315 e. The number of rotatable bonds is 8. The van der Waals surface area contributed by atoms with Gasteiger partial charge in [0.25, 0.3) is 0 Å². The van der Waals surface area contributed by atoms with Gasteiger partial charge in [0, 0.05) is 45.4 Å². The maximum atomic E-state index is 12.4. The molecule has 2 atom stereocenters. The minimum Gasteiger partial charge on any atom is -0.396 e.